The van der Waals surface area contributed by atoms with Crippen molar-refractivity contribution in [3.8, 4) is 5.82 Å². The maximum Gasteiger partial charge on any atom is 0.227 e. The molecule has 0 aromatic carbocycles. The van der Waals surface area contributed by atoms with Crippen LogP contribution in [0.4, 0.5) is 5.69 Å². The fourth-order valence-corrected chi connectivity index (χ4v) is 2.71. The Morgan fingerprint density at radius 3 is 2.95 bits per heavy atom. The lowest BCUT2D eigenvalue weighted by atomic mass is 9.85. The molecule has 2 atom stereocenters. The van der Waals surface area contributed by atoms with Crippen molar-refractivity contribution in [3.63, 3.8) is 0 Å². The third kappa shape index (κ3) is 3.28. The molecule has 1 aliphatic carbocycles. The summed E-state index contributed by atoms with van der Waals surface area (Å²) in [7, 11) is 0. The molecule has 1 saturated carbocycles. The Morgan fingerprint density at radius 2 is 2.29 bits per heavy atom. The molecular formula is C15H19N5O. The number of anilines is 1. The molecule has 0 saturated heterocycles. The first kappa shape index (κ1) is 13.8. The minimum atomic E-state index is 0.0135. The number of nitrogens with one attached hydrogen (secondary N) is 1. The van der Waals surface area contributed by atoms with Gasteiger partial charge >= 0.3 is 0 Å². The standard InChI is InChI=1S/C15H19N5O/c16-12-4-1-3-11(9-12)15(21)19-13-5-6-14(17-10-13)20-8-2-7-18-20/h2,5-8,10-12H,1,3-4,9,16H2,(H,19,21). The first-order valence-corrected chi connectivity index (χ1v) is 7.25. The third-order valence-corrected chi connectivity index (χ3v) is 3.84. The SMILES string of the molecule is NC1CCCC(C(=O)Nc2ccc(-n3cccn3)nc2)C1. The summed E-state index contributed by atoms with van der Waals surface area (Å²) in [4.78, 5) is 16.5. The fraction of sp³-hybridized carbons (Fsp3) is 0.400. The van der Waals surface area contributed by atoms with E-state index < -0.39 is 0 Å². The maximum atomic E-state index is 12.2. The van der Waals surface area contributed by atoms with Gasteiger partial charge in [-0.3, -0.25) is 4.79 Å². The van der Waals surface area contributed by atoms with E-state index >= 15 is 0 Å². The highest BCUT2D eigenvalue weighted by molar-refractivity contribution is 5.92. The number of hydrogen-bond donors (Lipinski definition) is 2. The first-order chi connectivity index (χ1) is 10.2. The summed E-state index contributed by atoms with van der Waals surface area (Å²) >= 11 is 0. The normalized spacial score (nSPS) is 22.0. The number of hydrogen-bond acceptors (Lipinski definition) is 4. The van der Waals surface area contributed by atoms with Gasteiger partial charge in [0.25, 0.3) is 0 Å². The van der Waals surface area contributed by atoms with Crippen LogP contribution in [0.25, 0.3) is 5.82 Å². The van der Waals surface area contributed by atoms with E-state index in [1.54, 1.807) is 17.1 Å². The Bertz CT molecular complexity index is 593. The molecule has 2 heterocycles. The van der Waals surface area contributed by atoms with E-state index in [2.05, 4.69) is 15.4 Å². The average molecular weight is 285 g/mol. The molecule has 2 aromatic rings. The van der Waals surface area contributed by atoms with Crippen LogP contribution in [-0.4, -0.2) is 26.7 Å². The Kier molecular flexibility index (Phi) is 3.96. The van der Waals surface area contributed by atoms with Gasteiger partial charge in [0.1, 0.15) is 0 Å². The molecule has 0 radical (unpaired) electrons. The molecule has 1 aliphatic rings. The summed E-state index contributed by atoms with van der Waals surface area (Å²) in [6.45, 7) is 0. The Hall–Kier alpha value is -2.21. The summed E-state index contributed by atoms with van der Waals surface area (Å²) in [5, 5.41) is 7.03. The molecule has 2 aromatic heterocycles. The van der Waals surface area contributed by atoms with Crippen molar-refractivity contribution in [2.75, 3.05) is 5.32 Å². The summed E-state index contributed by atoms with van der Waals surface area (Å²) in [6, 6.07) is 5.65. The van der Waals surface area contributed by atoms with Gasteiger partial charge in [0.2, 0.25) is 5.91 Å². The van der Waals surface area contributed by atoms with Gasteiger partial charge in [0, 0.05) is 24.4 Å². The molecule has 3 rings (SSSR count). The van der Waals surface area contributed by atoms with Crippen molar-refractivity contribution < 1.29 is 4.79 Å². The van der Waals surface area contributed by atoms with Crippen molar-refractivity contribution >= 4 is 11.6 Å². The van der Waals surface area contributed by atoms with Crippen LogP contribution in [0, 0.1) is 5.92 Å². The minimum absolute atomic E-state index is 0.0135. The van der Waals surface area contributed by atoms with E-state index in [1.807, 2.05) is 24.4 Å². The highest BCUT2D eigenvalue weighted by atomic mass is 16.1. The van der Waals surface area contributed by atoms with Crippen LogP contribution in [0.2, 0.25) is 0 Å². The molecule has 1 amide bonds. The van der Waals surface area contributed by atoms with E-state index in [4.69, 9.17) is 5.73 Å². The average Bonchev–Trinajstić information content (AvgIpc) is 3.02. The van der Waals surface area contributed by atoms with Crippen LogP contribution in [0.5, 0.6) is 0 Å². The Balaban J connectivity index is 1.63. The molecule has 6 heteroatoms. The zero-order valence-electron chi connectivity index (χ0n) is 11.8. The van der Waals surface area contributed by atoms with Gasteiger partial charge in [0.05, 0.1) is 11.9 Å². The van der Waals surface area contributed by atoms with Crippen molar-refractivity contribution in [3.05, 3.63) is 36.8 Å². The molecule has 1 fully saturated rings. The predicted octanol–water partition coefficient (Wildman–Crippen LogP) is 1.72. The van der Waals surface area contributed by atoms with E-state index in [-0.39, 0.29) is 17.9 Å². The largest absolute Gasteiger partial charge is 0.328 e. The van der Waals surface area contributed by atoms with Gasteiger partial charge in [-0.1, -0.05) is 6.42 Å². The van der Waals surface area contributed by atoms with Gasteiger partial charge in [-0.15, -0.1) is 0 Å². The molecule has 2 unspecified atom stereocenters. The van der Waals surface area contributed by atoms with E-state index in [0.29, 0.717) is 5.69 Å². The predicted molar refractivity (Wildman–Crippen MR) is 79.9 cm³/mol. The topological polar surface area (TPSA) is 85.8 Å². The minimum Gasteiger partial charge on any atom is -0.328 e. The monoisotopic (exact) mass is 285 g/mol. The fourth-order valence-electron chi connectivity index (χ4n) is 2.71. The van der Waals surface area contributed by atoms with Crippen molar-refractivity contribution in [2.45, 2.75) is 31.7 Å². The number of amides is 1. The second-order valence-corrected chi connectivity index (χ2v) is 5.47. The number of carbonyl (C=O) groups excluding carboxylic acids is 1. The lowest BCUT2D eigenvalue weighted by Crippen LogP contribution is -2.34. The summed E-state index contributed by atoms with van der Waals surface area (Å²) in [5.41, 5.74) is 6.63. The Morgan fingerprint density at radius 1 is 1.38 bits per heavy atom. The maximum absolute atomic E-state index is 12.2. The molecular weight excluding hydrogens is 266 g/mol. The lowest BCUT2D eigenvalue weighted by Gasteiger charge is -2.25. The van der Waals surface area contributed by atoms with Gasteiger partial charge < -0.3 is 11.1 Å². The van der Waals surface area contributed by atoms with Gasteiger partial charge in [-0.05, 0) is 37.5 Å². The zero-order valence-corrected chi connectivity index (χ0v) is 11.8. The van der Waals surface area contributed by atoms with E-state index in [1.165, 1.54) is 0 Å². The highest BCUT2D eigenvalue weighted by Gasteiger charge is 2.25. The second-order valence-electron chi connectivity index (χ2n) is 5.47. The Labute approximate surface area is 123 Å². The van der Waals surface area contributed by atoms with Gasteiger partial charge in [-0.2, -0.15) is 5.10 Å². The number of nitrogens with two attached hydrogens (primary N) is 1. The van der Waals surface area contributed by atoms with Crippen LogP contribution in [0.1, 0.15) is 25.7 Å². The zero-order chi connectivity index (χ0) is 14.7. The summed E-state index contributed by atoms with van der Waals surface area (Å²) < 4.78 is 1.67. The van der Waals surface area contributed by atoms with Crippen LogP contribution in [-0.2, 0) is 4.79 Å². The third-order valence-electron chi connectivity index (χ3n) is 3.84. The van der Waals surface area contributed by atoms with Crippen molar-refractivity contribution in [1.29, 1.82) is 0 Å². The highest BCUT2D eigenvalue weighted by Crippen LogP contribution is 2.24. The summed E-state index contributed by atoms with van der Waals surface area (Å²) in [5.74, 6) is 0.774. The van der Waals surface area contributed by atoms with Gasteiger partial charge in [0.15, 0.2) is 5.82 Å². The lowest BCUT2D eigenvalue weighted by molar-refractivity contribution is -0.120. The number of rotatable bonds is 3. The molecule has 0 bridgehead atoms. The number of pyridine rings is 1. The van der Waals surface area contributed by atoms with Crippen LogP contribution < -0.4 is 11.1 Å². The van der Waals surface area contributed by atoms with Crippen LogP contribution >= 0.6 is 0 Å². The first-order valence-electron chi connectivity index (χ1n) is 7.25. The quantitative estimate of drug-likeness (QED) is 0.899. The molecule has 110 valence electrons. The van der Waals surface area contributed by atoms with Gasteiger partial charge in [-0.25, -0.2) is 9.67 Å². The van der Waals surface area contributed by atoms with E-state index in [0.717, 1.165) is 31.5 Å². The van der Waals surface area contributed by atoms with Crippen LogP contribution in [0.3, 0.4) is 0 Å². The smallest absolute Gasteiger partial charge is 0.227 e. The second kappa shape index (κ2) is 6.05. The van der Waals surface area contributed by atoms with Crippen molar-refractivity contribution in [2.24, 2.45) is 11.7 Å². The number of nitrogens with zero attached hydrogens (tertiary/aromatic N) is 3. The molecule has 0 aliphatic heterocycles. The molecule has 0 spiro atoms. The summed E-state index contributed by atoms with van der Waals surface area (Å²) in [6.07, 6.45) is 8.90. The number of aromatic nitrogens is 3. The molecule has 6 nitrogen and oxygen atoms in total. The molecule has 21 heavy (non-hydrogen) atoms. The van der Waals surface area contributed by atoms with E-state index in [9.17, 15) is 4.79 Å². The van der Waals surface area contributed by atoms with Crippen LogP contribution in [0.15, 0.2) is 36.8 Å². The number of carbonyl (C=O) groups is 1. The molecule has 3 N–H and O–H groups in total. The van der Waals surface area contributed by atoms with Crippen molar-refractivity contribution in [1.82, 2.24) is 14.8 Å².